The summed E-state index contributed by atoms with van der Waals surface area (Å²) in [6, 6.07) is 21.8. The molecule has 2 heterocycles. The van der Waals surface area contributed by atoms with E-state index < -0.39 is 0 Å². The maximum absolute atomic E-state index is 12.7. The topological polar surface area (TPSA) is 70.1 Å². The third kappa shape index (κ3) is 4.07. The zero-order chi connectivity index (χ0) is 22.9. The number of hydrogen-bond acceptors (Lipinski definition) is 5. The predicted molar refractivity (Wildman–Crippen MR) is 135 cm³/mol. The molecule has 8 heteroatoms. The maximum atomic E-state index is 12.7. The fourth-order valence-electron chi connectivity index (χ4n) is 4.01. The van der Waals surface area contributed by atoms with Crippen LogP contribution in [0.3, 0.4) is 0 Å². The molecule has 4 aromatic rings. The fraction of sp³-hybridized carbons (Fsp3) is 0.160. The zero-order valence-corrected chi connectivity index (χ0v) is 19.6. The number of hydrogen-bond donors (Lipinski definition) is 2. The maximum Gasteiger partial charge on any atom is 0.261 e. The number of para-hydroxylation sites is 2. The predicted octanol–water partition coefficient (Wildman–Crippen LogP) is 5.02. The minimum Gasteiger partial charge on any atom is -0.352 e. The Balaban J connectivity index is 1.28. The van der Waals surface area contributed by atoms with Crippen LogP contribution in [0.25, 0.3) is 10.9 Å². The molecule has 0 saturated carbocycles. The summed E-state index contributed by atoms with van der Waals surface area (Å²) in [4.78, 5) is 32.9. The Morgan fingerprint density at radius 2 is 1.70 bits per heavy atom. The minimum atomic E-state index is -0.180. The van der Waals surface area contributed by atoms with Gasteiger partial charge in [-0.05, 0) is 61.1 Å². The Morgan fingerprint density at radius 3 is 2.39 bits per heavy atom. The first-order chi connectivity index (χ1) is 16.0. The van der Waals surface area contributed by atoms with E-state index in [-0.39, 0.29) is 11.5 Å². The molecule has 1 aliphatic heterocycles. The lowest BCUT2D eigenvalue weighted by atomic mass is 10.1. The van der Waals surface area contributed by atoms with Crippen molar-refractivity contribution in [1.82, 2.24) is 14.9 Å². The number of nitrogens with zero attached hydrogens (tertiary/aromatic N) is 2. The van der Waals surface area contributed by atoms with E-state index in [4.69, 9.17) is 12.2 Å². The lowest BCUT2D eigenvalue weighted by Crippen LogP contribution is -2.29. The molecule has 1 aromatic heterocycles. The van der Waals surface area contributed by atoms with Crippen molar-refractivity contribution in [2.45, 2.75) is 16.2 Å². The van der Waals surface area contributed by atoms with Gasteiger partial charge in [-0.3, -0.25) is 14.2 Å². The minimum absolute atomic E-state index is 0.174. The first kappa shape index (κ1) is 21.5. The van der Waals surface area contributed by atoms with Crippen LogP contribution < -0.4 is 15.8 Å². The molecule has 6 nitrogen and oxygen atoms in total. The van der Waals surface area contributed by atoms with E-state index >= 15 is 0 Å². The van der Waals surface area contributed by atoms with Crippen LogP contribution in [0.15, 0.2) is 81.3 Å². The van der Waals surface area contributed by atoms with Gasteiger partial charge in [0.25, 0.3) is 11.5 Å². The fourth-order valence-corrected chi connectivity index (χ4v) is 5.30. The van der Waals surface area contributed by atoms with Crippen LogP contribution in [0.2, 0.25) is 0 Å². The molecular formula is C25H22N4O2S2. The molecule has 3 aromatic carbocycles. The highest BCUT2D eigenvalue weighted by Gasteiger charge is 2.22. The number of aromatic nitrogens is 2. The molecule has 166 valence electrons. The Morgan fingerprint density at radius 1 is 1.03 bits per heavy atom. The van der Waals surface area contributed by atoms with Gasteiger partial charge in [-0.2, -0.15) is 0 Å². The van der Waals surface area contributed by atoms with Crippen molar-refractivity contribution in [1.29, 1.82) is 0 Å². The summed E-state index contributed by atoms with van der Waals surface area (Å²) in [5.74, 6) is -0.174. The number of amides is 1. The molecule has 0 radical (unpaired) electrons. The summed E-state index contributed by atoms with van der Waals surface area (Å²) < 4.78 is 1.71. The highest BCUT2D eigenvalue weighted by atomic mass is 32.2. The molecule has 0 unspecified atom stereocenters. The normalized spacial score (nSPS) is 12.3. The lowest BCUT2D eigenvalue weighted by molar-refractivity contribution is 0.0953. The number of benzene rings is 3. The van der Waals surface area contributed by atoms with Crippen molar-refractivity contribution in [3.63, 3.8) is 0 Å². The van der Waals surface area contributed by atoms with Gasteiger partial charge in [0, 0.05) is 35.5 Å². The van der Waals surface area contributed by atoms with Crippen LogP contribution in [0.1, 0.15) is 16.8 Å². The number of fused-ring (bicyclic) bond motifs is 3. The molecule has 0 spiro atoms. The second-order valence-corrected chi connectivity index (χ2v) is 9.32. The average molecular weight is 475 g/mol. The van der Waals surface area contributed by atoms with Gasteiger partial charge >= 0.3 is 0 Å². The third-order valence-corrected chi connectivity index (χ3v) is 7.25. The number of aromatic amines is 1. The summed E-state index contributed by atoms with van der Waals surface area (Å²) >= 11 is 6.97. The molecule has 5 rings (SSSR count). The molecule has 1 aliphatic rings. The van der Waals surface area contributed by atoms with Crippen LogP contribution >= 0.6 is 24.0 Å². The van der Waals surface area contributed by atoms with Gasteiger partial charge in [0.15, 0.2) is 4.77 Å². The Labute approximate surface area is 200 Å². The molecule has 2 N–H and O–H groups in total. The van der Waals surface area contributed by atoms with Crippen LogP contribution in [0.4, 0.5) is 11.4 Å². The first-order valence-corrected chi connectivity index (χ1v) is 11.9. The van der Waals surface area contributed by atoms with Gasteiger partial charge in [0.2, 0.25) is 0 Å². The number of H-pyrrole nitrogens is 1. The summed E-state index contributed by atoms with van der Waals surface area (Å²) in [5, 5.41) is 3.50. The van der Waals surface area contributed by atoms with Crippen molar-refractivity contribution < 1.29 is 4.79 Å². The Kier molecular flexibility index (Phi) is 5.78. The van der Waals surface area contributed by atoms with Gasteiger partial charge in [0.1, 0.15) is 0 Å². The number of carbonyl (C=O) groups is 1. The molecule has 0 aliphatic carbocycles. The van der Waals surface area contributed by atoms with Gasteiger partial charge in [-0.15, -0.1) is 0 Å². The van der Waals surface area contributed by atoms with Crippen LogP contribution in [0, 0.1) is 4.77 Å². The zero-order valence-electron chi connectivity index (χ0n) is 18.0. The summed E-state index contributed by atoms with van der Waals surface area (Å²) in [5.41, 5.74) is 3.26. The quantitative estimate of drug-likeness (QED) is 0.314. The summed E-state index contributed by atoms with van der Waals surface area (Å²) in [7, 11) is 1.62. The van der Waals surface area contributed by atoms with Gasteiger partial charge in [-0.25, -0.2) is 0 Å². The molecule has 0 atom stereocenters. The van der Waals surface area contributed by atoms with E-state index in [0.29, 0.717) is 27.8 Å². The van der Waals surface area contributed by atoms with Crippen molar-refractivity contribution in [3.05, 3.63) is 87.4 Å². The molecule has 0 bridgehead atoms. The standard InChI is InChI=1S/C25H22N4O2S2/c1-28-24(31)17-12-11-16(15-18(17)27-25(28)32)23(30)26-13-6-14-29-19-7-2-4-9-21(19)33-22-10-5-3-8-20(22)29/h2-5,7-12,15H,6,13-14H2,1H3,(H,26,30)(H,27,32). The van der Waals surface area contributed by atoms with Gasteiger partial charge in [-0.1, -0.05) is 36.0 Å². The monoisotopic (exact) mass is 474 g/mol. The average Bonchev–Trinajstić information content (AvgIpc) is 2.84. The lowest BCUT2D eigenvalue weighted by Gasteiger charge is -2.32. The molecule has 0 fully saturated rings. The number of anilines is 2. The third-order valence-electron chi connectivity index (χ3n) is 5.74. The van der Waals surface area contributed by atoms with E-state index in [9.17, 15) is 9.59 Å². The first-order valence-electron chi connectivity index (χ1n) is 10.7. The number of carbonyl (C=O) groups excluding carboxylic acids is 1. The largest absolute Gasteiger partial charge is 0.352 e. The Bertz CT molecular complexity index is 1450. The second kappa shape index (κ2) is 8.88. The molecule has 1 amide bonds. The summed E-state index contributed by atoms with van der Waals surface area (Å²) in [6.45, 7) is 1.33. The van der Waals surface area contributed by atoms with E-state index in [1.165, 1.54) is 25.7 Å². The SMILES string of the molecule is Cn1c(=S)[nH]c2cc(C(=O)NCCCN3c4ccccc4Sc4ccccc43)ccc2c1=O. The van der Waals surface area contributed by atoms with Crippen molar-refractivity contribution >= 4 is 52.2 Å². The van der Waals surface area contributed by atoms with Crippen LogP contribution in [-0.4, -0.2) is 28.5 Å². The highest BCUT2D eigenvalue weighted by molar-refractivity contribution is 7.99. The van der Waals surface area contributed by atoms with E-state index in [2.05, 4.69) is 63.7 Å². The van der Waals surface area contributed by atoms with Gasteiger partial charge in [0.05, 0.1) is 22.3 Å². The van der Waals surface area contributed by atoms with E-state index in [1.54, 1.807) is 37.0 Å². The van der Waals surface area contributed by atoms with E-state index in [0.717, 1.165) is 13.0 Å². The molecule has 0 saturated heterocycles. The highest BCUT2D eigenvalue weighted by Crippen LogP contribution is 2.47. The smallest absolute Gasteiger partial charge is 0.261 e. The van der Waals surface area contributed by atoms with Crippen LogP contribution in [0.5, 0.6) is 0 Å². The molecular weight excluding hydrogens is 452 g/mol. The summed E-state index contributed by atoms with van der Waals surface area (Å²) in [6.07, 6.45) is 0.787. The van der Waals surface area contributed by atoms with Crippen molar-refractivity contribution in [3.8, 4) is 0 Å². The molecule has 33 heavy (non-hydrogen) atoms. The van der Waals surface area contributed by atoms with Gasteiger partial charge < -0.3 is 15.2 Å². The van der Waals surface area contributed by atoms with Crippen molar-refractivity contribution in [2.75, 3.05) is 18.0 Å². The number of rotatable bonds is 5. The van der Waals surface area contributed by atoms with Crippen molar-refractivity contribution in [2.24, 2.45) is 7.05 Å². The Hall–Kier alpha value is -3.36. The van der Waals surface area contributed by atoms with E-state index in [1.807, 2.05) is 0 Å². The second-order valence-electron chi connectivity index (χ2n) is 7.85. The number of nitrogens with one attached hydrogen (secondary N) is 2. The van der Waals surface area contributed by atoms with Crippen LogP contribution in [-0.2, 0) is 7.05 Å².